The quantitative estimate of drug-likeness (QED) is 0.816. The molecule has 0 amide bonds. The van der Waals surface area contributed by atoms with Crippen LogP contribution in [0.1, 0.15) is 48.9 Å². The van der Waals surface area contributed by atoms with Gasteiger partial charge in [-0.15, -0.1) is 12.4 Å². The molecule has 0 aliphatic heterocycles. The molecule has 0 radical (unpaired) electrons. The zero-order valence-corrected chi connectivity index (χ0v) is 13.5. The molecule has 2 N–H and O–H groups in total. The van der Waals surface area contributed by atoms with Crippen LogP contribution < -0.4 is 5.73 Å². The molecule has 2 saturated carbocycles. The van der Waals surface area contributed by atoms with Gasteiger partial charge in [-0.1, -0.05) is 0 Å². The van der Waals surface area contributed by atoms with Gasteiger partial charge in [-0.05, 0) is 32.6 Å². The molecule has 130 valence electrons. The maximum atomic E-state index is 13.6. The summed E-state index contributed by atoms with van der Waals surface area (Å²) in [6.07, 6.45) is 2.59. The molecule has 1 heterocycles. The predicted octanol–water partition coefficient (Wildman–Crippen LogP) is 2.25. The van der Waals surface area contributed by atoms with Crippen molar-refractivity contribution in [1.29, 1.82) is 0 Å². The molecule has 0 aromatic carbocycles. The van der Waals surface area contributed by atoms with Gasteiger partial charge in [0.1, 0.15) is 0 Å². The van der Waals surface area contributed by atoms with E-state index in [0.29, 0.717) is 25.7 Å². The summed E-state index contributed by atoms with van der Waals surface area (Å²) >= 11 is 0. The second kappa shape index (κ2) is 7.35. The smallest absolute Gasteiger partial charge is 0.360 e. The van der Waals surface area contributed by atoms with Crippen LogP contribution in [0.4, 0.5) is 8.78 Å². The first-order valence-corrected chi connectivity index (χ1v) is 7.08. The van der Waals surface area contributed by atoms with Crippen LogP contribution >= 0.6 is 12.4 Å². The predicted molar refractivity (Wildman–Crippen MR) is 78.9 cm³/mol. The molecular weight excluding hydrogens is 334 g/mol. The summed E-state index contributed by atoms with van der Waals surface area (Å²) in [5, 5.41) is 0. The van der Waals surface area contributed by atoms with Crippen molar-refractivity contribution in [3.8, 4) is 0 Å². The van der Waals surface area contributed by atoms with Crippen molar-refractivity contribution in [1.82, 2.24) is 4.98 Å². The number of ketones is 1. The minimum Gasteiger partial charge on any atom is -0.461 e. The third-order valence-electron chi connectivity index (χ3n) is 3.51. The topological polar surface area (TPSA) is 95.4 Å². The number of ether oxygens (including phenoxy) is 1. The number of carbonyl (C=O) groups is 2. The number of Topliss-reactive ketones (excluding diaryl/α,β-unsaturated/α-hetero) is 1. The molecule has 2 fully saturated rings. The maximum Gasteiger partial charge on any atom is 0.360 e. The Morgan fingerprint density at radius 2 is 1.96 bits per heavy atom. The number of hydrogen-bond donors (Lipinski definition) is 1. The number of carbonyl (C=O) groups excluding carboxylic acids is 2. The van der Waals surface area contributed by atoms with Crippen LogP contribution in [0.3, 0.4) is 0 Å². The van der Waals surface area contributed by atoms with Crippen LogP contribution in [0.2, 0.25) is 0 Å². The first kappa shape index (κ1) is 19.5. The van der Waals surface area contributed by atoms with E-state index in [2.05, 4.69) is 4.98 Å². The van der Waals surface area contributed by atoms with Crippen LogP contribution in [0.5, 0.6) is 0 Å². The number of alkyl halides is 2. The molecule has 0 spiro atoms. The SMILES string of the molecule is CCOC(=O)c1ncoc1C1(F)CC1.Cl.NCC(=O)C1(F)CC1. The van der Waals surface area contributed by atoms with Crippen molar-refractivity contribution in [3.63, 3.8) is 0 Å². The average molecular weight is 353 g/mol. The molecule has 9 heteroatoms. The Kier molecular flexibility index (Phi) is 6.24. The van der Waals surface area contributed by atoms with Crippen molar-refractivity contribution in [2.45, 2.75) is 43.9 Å². The second-order valence-electron chi connectivity index (χ2n) is 5.31. The van der Waals surface area contributed by atoms with Gasteiger partial charge in [0.15, 0.2) is 35.0 Å². The number of halogens is 3. The monoisotopic (exact) mass is 352 g/mol. The average Bonchev–Trinajstić information content (AvgIpc) is 3.37. The Bertz CT molecular complexity index is 571. The molecule has 2 aliphatic carbocycles. The molecule has 0 unspecified atom stereocenters. The summed E-state index contributed by atoms with van der Waals surface area (Å²) in [6, 6.07) is 0. The van der Waals surface area contributed by atoms with Gasteiger partial charge in [0.2, 0.25) is 0 Å². The molecule has 2 aliphatic rings. The van der Waals surface area contributed by atoms with Crippen molar-refractivity contribution in [2.75, 3.05) is 13.2 Å². The summed E-state index contributed by atoms with van der Waals surface area (Å²) < 4.78 is 35.6. The number of nitrogens with two attached hydrogens (primary N) is 1. The molecule has 0 saturated heterocycles. The van der Waals surface area contributed by atoms with Gasteiger partial charge in [-0.25, -0.2) is 18.6 Å². The van der Waals surface area contributed by atoms with E-state index in [1.54, 1.807) is 6.92 Å². The lowest BCUT2D eigenvalue weighted by Gasteiger charge is -2.02. The molecule has 1 aromatic rings. The van der Waals surface area contributed by atoms with Crippen LogP contribution in [0.15, 0.2) is 10.8 Å². The fraction of sp³-hybridized carbons (Fsp3) is 0.643. The largest absolute Gasteiger partial charge is 0.461 e. The fourth-order valence-corrected chi connectivity index (χ4v) is 1.82. The molecule has 0 bridgehead atoms. The van der Waals surface area contributed by atoms with E-state index in [1.165, 1.54) is 0 Å². The molecule has 23 heavy (non-hydrogen) atoms. The third kappa shape index (κ3) is 4.48. The number of rotatable bonds is 5. The zero-order chi connectivity index (χ0) is 16.4. The van der Waals surface area contributed by atoms with Gasteiger partial charge in [-0.2, -0.15) is 0 Å². The fourth-order valence-electron chi connectivity index (χ4n) is 1.82. The van der Waals surface area contributed by atoms with Crippen LogP contribution in [-0.2, 0) is 15.2 Å². The molecular formula is C14H19ClF2N2O4. The normalized spacial score (nSPS) is 18.8. The van der Waals surface area contributed by atoms with E-state index in [9.17, 15) is 18.4 Å². The third-order valence-corrected chi connectivity index (χ3v) is 3.51. The van der Waals surface area contributed by atoms with Crippen molar-refractivity contribution >= 4 is 24.2 Å². The van der Waals surface area contributed by atoms with Gasteiger partial charge in [0.25, 0.3) is 0 Å². The number of aromatic nitrogens is 1. The number of nitrogens with zero attached hydrogens (tertiary/aromatic N) is 1. The van der Waals surface area contributed by atoms with Crippen LogP contribution in [0, 0.1) is 0 Å². The standard InChI is InChI=1S/C9H10FNO3.C5H8FNO.ClH/c1-2-13-8(12)6-7(14-5-11-6)9(10)3-4-9;6-5(1-2-5)4(8)3-7;/h5H,2-4H2,1H3;1-3,7H2;1H. The Balaban J connectivity index is 0.000000253. The Morgan fingerprint density at radius 3 is 2.35 bits per heavy atom. The van der Waals surface area contributed by atoms with E-state index >= 15 is 0 Å². The molecule has 1 aromatic heterocycles. The first-order chi connectivity index (χ1) is 10.4. The van der Waals surface area contributed by atoms with Crippen molar-refractivity contribution in [3.05, 3.63) is 17.8 Å². The van der Waals surface area contributed by atoms with Gasteiger partial charge < -0.3 is 14.9 Å². The summed E-state index contributed by atoms with van der Waals surface area (Å²) in [5.41, 5.74) is 1.88. The van der Waals surface area contributed by atoms with E-state index in [4.69, 9.17) is 14.9 Å². The van der Waals surface area contributed by atoms with Gasteiger partial charge in [-0.3, -0.25) is 4.79 Å². The van der Waals surface area contributed by atoms with Crippen LogP contribution in [-0.4, -0.2) is 35.6 Å². The minimum atomic E-state index is -1.51. The summed E-state index contributed by atoms with van der Waals surface area (Å²) in [4.78, 5) is 25.3. The number of oxazole rings is 1. The van der Waals surface area contributed by atoms with Gasteiger partial charge in [0, 0.05) is 0 Å². The van der Waals surface area contributed by atoms with Gasteiger partial charge >= 0.3 is 5.97 Å². The minimum absolute atomic E-state index is 0. The maximum absolute atomic E-state index is 13.6. The molecule has 3 rings (SSSR count). The lowest BCUT2D eigenvalue weighted by atomic mass is 10.2. The van der Waals surface area contributed by atoms with E-state index < -0.39 is 23.1 Å². The Morgan fingerprint density at radius 1 is 1.35 bits per heavy atom. The van der Waals surface area contributed by atoms with Crippen molar-refractivity contribution in [2.24, 2.45) is 5.73 Å². The van der Waals surface area contributed by atoms with Crippen molar-refractivity contribution < 1.29 is 27.5 Å². The highest BCUT2D eigenvalue weighted by Crippen LogP contribution is 2.50. The second-order valence-corrected chi connectivity index (χ2v) is 5.31. The van der Waals surface area contributed by atoms with E-state index in [1.807, 2.05) is 0 Å². The highest BCUT2D eigenvalue weighted by molar-refractivity contribution is 5.91. The Hall–Kier alpha value is -1.54. The molecule has 6 nitrogen and oxygen atoms in total. The van der Waals surface area contributed by atoms with Crippen LogP contribution in [0.25, 0.3) is 0 Å². The lowest BCUT2D eigenvalue weighted by Crippen LogP contribution is -2.25. The Labute approximate surface area is 138 Å². The summed E-state index contributed by atoms with van der Waals surface area (Å²) in [7, 11) is 0. The highest BCUT2D eigenvalue weighted by atomic mass is 35.5. The highest BCUT2D eigenvalue weighted by Gasteiger charge is 2.51. The lowest BCUT2D eigenvalue weighted by molar-refractivity contribution is -0.123. The van der Waals surface area contributed by atoms with Gasteiger partial charge in [0.05, 0.1) is 13.2 Å². The first-order valence-electron chi connectivity index (χ1n) is 7.08. The summed E-state index contributed by atoms with van der Waals surface area (Å²) in [5.74, 6) is -1.06. The zero-order valence-electron chi connectivity index (χ0n) is 12.6. The number of esters is 1. The number of hydrogen-bond acceptors (Lipinski definition) is 6. The molecule has 0 atom stereocenters. The summed E-state index contributed by atoms with van der Waals surface area (Å²) in [6.45, 7) is 1.76. The van der Waals surface area contributed by atoms with E-state index in [-0.39, 0.29) is 37.0 Å². The van der Waals surface area contributed by atoms with E-state index in [0.717, 1.165) is 6.39 Å².